The Kier molecular flexibility index (Phi) is 7.82. The largest absolute Gasteiger partial charge is 0.497 e. The Morgan fingerprint density at radius 3 is 2.49 bits per heavy atom. The molecule has 0 saturated heterocycles. The van der Waals surface area contributed by atoms with E-state index in [2.05, 4.69) is 6.92 Å². The fourth-order valence-corrected chi connectivity index (χ4v) is 6.75. The number of fused-ring (bicyclic) bond motifs is 2. The molecule has 3 aromatic carbocycles. The molecule has 6 rings (SSSR count). The van der Waals surface area contributed by atoms with Gasteiger partial charge in [-0.3, -0.25) is 14.2 Å². The zero-order valence-corrected chi connectivity index (χ0v) is 25.0. The van der Waals surface area contributed by atoms with E-state index in [9.17, 15) is 14.4 Å². The molecular weight excluding hydrogens is 562 g/mol. The zero-order chi connectivity index (χ0) is 30.1. The van der Waals surface area contributed by atoms with Crippen molar-refractivity contribution in [3.05, 3.63) is 121 Å². The lowest BCUT2D eigenvalue weighted by Gasteiger charge is -2.26. The number of unbranched alkanes of at least 4 members (excludes halogenated alkanes) is 1. The highest BCUT2D eigenvalue weighted by atomic mass is 32.1. The molecule has 3 heterocycles. The van der Waals surface area contributed by atoms with Crippen LogP contribution in [0, 0.1) is 0 Å². The normalized spacial score (nSPS) is 17.0. The average molecular weight is 594 g/mol. The van der Waals surface area contributed by atoms with Gasteiger partial charge in [0.05, 0.1) is 42.3 Å². The van der Waals surface area contributed by atoms with Gasteiger partial charge in [0.1, 0.15) is 10.3 Å². The first kappa shape index (κ1) is 28.4. The molecule has 4 aromatic rings. The molecule has 0 fully saturated rings. The van der Waals surface area contributed by atoms with Gasteiger partial charge in [0.2, 0.25) is 0 Å². The highest BCUT2D eigenvalue weighted by molar-refractivity contribution is 7.07. The Morgan fingerprint density at radius 1 is 0.977 bits per heavy atom. The van der Waals surface area contributed by atoms with Crippen LogP contribution in [0.2, 0.25) is 0 Å². The molecule has 0 radical (unpaired) electrons. The lowest BCUT2D eigenvalue weighted by molar-refractivity contribution is -0.138. The standard InChI is InChI=1S/C34H31N3O5S/c1-4-6-19-36-25-18-11-10-17-24(25)26(31(36)38)30-32(39)37-29(22-15-12-16-23(20-22)41-3)27(33(40)42-5-2)28(35-34(37)43-30)21-13-8-7-9-14-21/h7-18,20,29H,4-6,19H2,1-3H3/b30-26+/t29-/m0/s1. The SMILES string of the molecule is CCCCN1C(=O)/C(=c2/sc3n(c2=O)[C@@H](c2cccc(OC)c2)C(C(=O)OCC)=C(c2ccccc2)N=3)c2ccccc21. The molecule has 2 aliphatic heterocycles. The van der Waals surface area contributed by atoms with E-state index in [0.717, 1.165) is 24.1 Å². The third-order valence-corrected chi connectivity index (χ3v) is 8.70. The molecule has 0 spiro atoms. The first-order valence-corrected chi connectivity index (χ1v) is 15.2. The quantitative estimate of drug-likeness (QED) is 0.282. The van der Waals surface area contributed by atoms with Gasteiger partial charge in [-0.15, -0.1) is 0 Å². The second-order valence-electron chi connectivity index (χ2n) is 10.2. The summed E-state index contributed by atoms with van der Waals surface area (Å²) in [7, 11) is 1.57. The smallest absolute Gasteiger partial charge is 0.338 e. The van der Waals surface area contributed by atoms with Crippen LogP contribution < -0.4 is 24.5 Å². The molecule has 1 atom stereocenters. The van der Waals surface area contributed by atoms with E-state index in [1.54, 1.807) is 31.1 Å². The molecule has 0 bridgehead atoms. The lowest BCUT2D eigenvalue weighted by atomic mass is 9.93. The van der Waals surface area contributed by atoms with Crippen molar-refractivity contribution in [3.8, 4) is 5.75 Å². The van der Waals surface area contributed by atoms with Crippen LogP contribution in [0.5, 0.6) is 5.75 Å². The third kappa shape index (κ3) is 4.89. The maximum atomic E-state index is 14.5. The van der Waals surface area contributed by atoms with Crippen molar-refractivity contribution in [2.45, 2.75) is 32.7 Å². The topological polar surface area (TPSA) is 90.2 Å². The molecule has 218 valence electrons. The minimum atomic E-state index is -0.863. The van der Waals surface area contributed by atoms with Crippen LogP contribution >= 0.6 is 11.3 Å². The predicted octanol–water partition coefficient (Wildman–Crippen LogP) is 4.46. The van der Waals surface area contributed by atoms with E-state index in [-0.39, 0.29) is 23.6 Å². The van der Waals surface area contributed by atoms with Crippen molar-refractivity contribution in [3.63, 3.8) is 0 Å². The van der Waals surface area contributed by atoms with Gasteiger partial charge in [-0.05, 0) is 37.1 Å². The van der Waals surface area contributed by atoms with Gasteiger partial charge in [-0.1, -0.05) is 85.3 Å². The monoisotopic (exact) mass is 593 g/mol. The van der Waals surface area contributed by atoms with Crippen molar-refractivity contribution in [1.82, 2.24) is 4.57 Å². The number of esters is 1. The lowest BCUT2D eigenvalue weighted by Crippen LogP contribution is -2.41. The van der Waals surface area contributed by atoms with Crippen LogP contribution in [0.15, 0.2) is 94.2 Å². The van der Waals surface area contributed by atoms with E-state index >= 15 is 0 Å². The number of benzene rings is 3. The van der Waals surface area contributed by atoms with Crippen LogP contribution in [0.4, 0.5) is 5.69 Å². The fourth-order valence-electron chi connectivity index (χ4n) is 5.66. The summed E-state index contributed by atoms with van der Waals surface area (Å²) >= 11 is 1.17. The van der Waals surface area contributed by atoms with E-state index in [0.29, 0.717) is 44.0 Å². The number of anilines is 1. The molecule has 1 aromatic heterocycles. The highest BCUT2D eigenvalue weighted by Crippen LogP contribution is 2.38. The number of aromatic nitrogens is 1. The Bertz CT molecular complexity index is 1940. The molecule has 0 saturated carbocycles. The third-order valence-electron chi connectivity index (χ3n) is 7.64. The summed E-state index contributed by atoms with van der Waals surface area (Å²) in [6.07, 6.45) is 1.77. The number of rotatable bonds is 8. The highest BCUT2D eigenvalue weighted by Gasteiger charge is 2.38. The number of nitrogens with zero attached hydrogens (tertiary/aromatic N) is 3. The Morgan fingerprint density at radius 2 is 1.74 bits per heavy atom. The number of methoxy groups -OCH3 is 1. The molecule has 0 N–H and O–H groups in total. The number of hydrogen-bond donors (Lipinski definition) is 0. The number of thiazole rings is 1. The van der Waals surface area contributed by atoms with Crippen LogP contribution in [-0.4, -0.2) is 36.7 Å². The Labute approximate surface area is 252 Å². The number of carbonyl (C=O) groups is 2. The summed E-state index contributed by atoms with van der Waals surface area (Å²) in [6, 6.07) is 23.4. The number of hydrogen-bond acceptors (Lipinski definition) is 7. The second-order valence-corrected chi connectivity index (χ2v) is 11.2. The van der Waals surface area contributed by atoms with Crippen molar-refractivity contribution in [1.29, 1.82) is 0 Å². The number of ether oxygens (including phenoxy) is 2. The van der Waals surface area contributed by atoms with Crippen LogP contribution in [0.3, 0.4) is 0 Å². The van der Waals surface area contributed by atoms with Crippen molar-refractivity contribution < 1.29 is 19.1 Å². The molecule has 2 aliphatic rings. The van der Waals surface area contributed by atoms with E-state index < -0.39 is 12.0 Å². The summed E-state index contributed by atoms with van der Waals surface area (Å²) in [6.45, 7) is 4.54. The summed E-state index contributed by atoms with van der Waals surface area (Å²) < 4.78 is 12.9. The predicted molar refractivity (Wildman–Crippen MR) is 167 cm³/mol. The zero-order valence-electron chi connectivity index (χ0n) is 24.2. The number of para-hydroxylation sites is 1. The molecule has 9 heteroatoms. The Hall–Kier alpha value is -4.76. The molecule has 43 heavy (non-hydrogen) atoms. The minimum Gasteiger partial charge on any atom is -0.497 e. The van der Waals surface area contributed by atoms with E-state index in [1.807, 2.05) is 66.7 Å². The maximum Gasteiger partial charge on any atom is 0.338 e. The summed E-state index contributed by atoms with van der Waals surface area (Å²) in [4.78, 5) is 49.2. The maximum absolute atomic E-state index is 14.5. The van der Waals surface area contributed by atoms with Crippen molar-refractivity contribution in [2.24, 2.45) is 4.99 Å². The molecule has 1 amide bonds. The molecule has 0 unspecified atom stereocenters. The first-order valence-electron chi connectivity index (χ1n) is 14.3. The van der Waals surface area contributed by atoms with Gasteiger partial charge in [0.25, 0.3) is 11.5 Å². The summed E-state index contributed by atoms with van der Waals surface area (Å²) in [5, 5.41) is 0. The van der Waals surface area contributed by atoms with Gasteiger partial charge < -0.3 is 14.4 Å². The van der Waals surface area contributed by atoms with Crippen LogP contribution in [0.1, 0.15) is 49.4 Å². The van der Waals surface area contributed by atoms with Gasteiger partial charge >= 0.3 is 5.97 Å². The first-order chi connectivity index (χ1) is 21.0. The van der Waals surface area contributed by atoms with Crippen LogP contribution in [0.25, 0.3) is 11.3 Å². The number of amides is 1. The van der Waals surface area contributed by atoms with Gasteiger partial charge in [-0.2, -0.15) is 0 Å². The average Bonchev–Trinajstić information content (AvgIpc) is 3.51. The van der Waals surface area contributed by atoms with E-state index in [4.69, 9.17) is 14.5 Å². The van der Waals surface area contributed by atoms with E-state index in [1.165, 1.54) is 15.9 Å². The van der Waals surface area contributed by atoms with Gasteiger partial charge in [0.15, 0.2) is 4.80 Å². The Balaban J connectivity index is 1.69. The summed E-state index contributed by atoms with van der Waals surface area (Å²) in [5.41, 5.74) is 3.53. The fraction of sp³-hybridized carbons (Fsp3) is 0.235. The molecule has 8 nitrogen and oxygen atoms in total. The van der Waals surface area contributed by atoms with Crippen molar-refractivity contribution >= 4 is 40.2 Å². The second kappa shape index (κ2) is 11.9. The van der Waals surface area contributed by atoms with Gasteiger partial charge in [-0.25, -0.2) is 9.79 Å². The minimum absolute atomic E-state index is 0.155. The molecule has 0 aliphatic carbocycles. The van der Waals surface area contributed by atoms with Crippen LogP contribution in [-0.2, 0) is 14.3 Å². The summed E-state index contributed by atoms with van der Waals surface area (Å²) in [5.74, 6) is -0.190. The van der Waals surface area contributed by atoms with Crippen molar-refractivity contribution in [2.75, 3.05) is 25.2 Å². The molecular formula is C34H31N3O5S. The van der Waals surface area contributed by atoms with Gasteiger partial charge in [0, 0.05) is 17.7 Å². The number of carbonyl (C=O) groups excluding carboxylic acids is 2.